The van der Waals surface area contributed by atoms with Crippen LogP contribution in [-0.2, 0) is 0 Å². The molecule has 1 aromatic heterocycles. The van der Waals surface area contributed by atoms with E-state index in [1.807, 2.05) is 16.3 Å². The molecule has 2 aliphatic rings. The number of halogens is 1. The van der Waals surface area contributed by atoms with Gasteiger partial charge in [-0.3, -0.25) is 9.69 Å². The summed E-state index contributed by atoms with van der Waals surface area (Å²) in [5.41, 5.74) is 0. The van der Waals surface area contributed by atoms with E-state index in [1.54, 1.807) is 0 Å². The fourth-order valence-electron chi connectivity index (χ4n) is 2.32. The Kier molecular flexibility index (Phi) is 3.23. The van der Waals surface area contributed by atoms with Crippen LogP contribution in [0.5, 0.6) is 0 Å². The van der Waals surface area contributed by atoms with E-state index in [1.165, 1.54) is 24.2 Å². The number of hydrogen-bond donors (Lipinski definition) is 0. The fourth-order valence-corrected chi connectivity index (χ4v) is 3.83. The van der Waals surface area contributed by atoms with Crippen LogP contribution in [0.3, 0.4) is 0 Å². The first-order valence-electron chi connectivity index (χ1n) is 6.02. The van der Waals surface area contributed by atoms with Crippen molar-refractivity contribution >= 4 is 33.2 Å². The lowest BCUT2D eigenvalue weighted by Gasteiger charge is -2.34. The van der Waals surface area contributed by atoms with Gasteiger partial charge in [0.2, 0.25) is 0 Å². The van der Waals surface area contributed by atoms with Gasteiger partial charge >= 0.3 is 0 Å². The number of amides is 1. The molecule has 0 radical (unpaired) electrons. The van der Waals surface area contributed by atoms with Gasteiger partial charge in [0.15, 0.2) is 0 Å². The molecule has 92 valence electrons. The van der Waals surface area contributed by atoms with E-state index in [4.69, 9.17) is 0 Å². The monoisotopic (exact) mass is 314 g/mol. The lowest BCUT2D eigenvalue weighted by atomic mass is 10.3. The molecule has 2 heterocycles. The number of carbonyl (C=O) groups excluding carboxylic acids is 1. The second-order valence-electron chi connectivity index (χ2n) is 4.66. The molecule has 0 atom stereocenters. The Balaban J connectivity index is 1.62. The Morgan fingerprint density at radius 1 is 1.29 bits per heavy atom. The maximum Gasteiger partial charge on any atom is 0.265 e. The molecule has 2 fully saturated rings. The molecular weight excluding hydrogens is 300 g/mol. The van der Waals surface area contributed by atoms with Gasteiger partial charge in [-0.25, -0.2) is 0 Å². The molecule has 0 unspecified atom stereocenters. The van der Waals surface area contributed by atoms with Crippen LogP contribution in [0.4, 0.5) is 0 Å². The molecule has 17 heavy (non-hydrogen) atoms. The molecule has 0 aromatic carbocycles. The molecule has 0 bridgehead atoms. The van der Waals surface area contributed by atoms with Gasteiger partial charge in [0.05, 0.1) is 0 Å². The summed E-state index contributed by atoms with van der Waals surface area (Å²) in [4.78, 5) is 17.6. The Bertz CT molecular complexity index is 422. The molecule has 1 saturated carbocycles. The molecule has 3 rings (SSSR count). The summed E-state index contributed by atoms with van der Waals surface area (Å²) in [5, 5.41) is 1.96. The van der Waals surface area contributed by atoms with E-state index in [9.17, 15) is 4.79 Å². The Morgan fingerprint density at radius 3 is 2.53 bits per heavy atom. The van der Waals surface area contributed by atoms with Gasteiger partial charge in [0.1, 0.15) is 4.88 Å². The fraction of sp³-hybridized carbons (Fsp3) is 0.583. The maximum absolute atomic E-state index is 12.3. The summed E-state index contributed by atoms with van der Waals surface area (Å²) in [7, 11) is 0. The van der Waals surface area contributed by atoms with Gasteiger partial charge in [-0.2, -0.15) is 0 Å². The van der Waals surface area contributed by atoms with E-state index in [-0.39, 0.29) is 5.91 Å². The van der Waals surface area contributed by atoms with Crippen LogP contribution in [-0.4, -0.2) is 47.9 Å². The van der Waals surface area contributed by atoms with Crippen LogP contribution in [0.25, 0.3) is 0 Å². The highest BCUT2D eigenvalue weighted by Gasteiger charge is 2.32. The van der Waals surface area contributed by atoms with Gasteiger partial charge in [0, 0.05) is 36.7 Å². The predicted molar refractivity (Wildman–Crippen MR) is 72.5 cm³/mol. The first kappa shape index (κ1) is 11.7. The zero-order chi connectivity index (χ0) is 11.8. The summed E-state index contributed by atoms with van der Waals surface area (Å²) in [6.07, 6.45) is 2.70. The Labute approximate surface area is 114 Å². The minimum Gasteiger partial charge on any atom is -0.335 e. The van der Waals surface area contributed by atoms with Crippen LogP contribution >= 0.6 is 27.3 Å². The lowest BCUT2D eigenvalue weighted by Crippen LogP contribution is -2.49. The van der Waals surface area contributed by atoms with Crippen molar-refractivity contribution in [3.63, 3.8) is 0 Å². The lowest BCUT2D eigenvalue weighted by molar-refractivity contribution is 0.0631. The zero-order valence-electron chi connectivity index (χ0n) is 9.56. The van der Waals surface area contributed by atoms with Crippen molar-refractivity contribution in [1.29, 1.82) is 0 Å². The summed E-state index contributed by atoms with van der Waals surface area (Å²) in [6.45, 7) is 3.83. The van der Waals surface area contributed by atoms with E-state index in [2.05, 4.69) is 20.8 Å². The van der Waals surface area contributed by atoms with Crippen LogP contribution in [0.15, 0.2) is 15.9 Å². The van der Waals surface area contributed by atoms with Gasteiger partial charge in [0.25, 0.3) is 5.91 Å². The second kappa shape index (κ2) is 4.71. The topological polar surface area (TPSA) is 23.6 Å². The molecule has 0 spiro atoms. The summed E-state index contributed by atoms with van der Waals surface area (Å²) in [5.74, 6) is 0.183. The van der Waals surface area contributed by atoms with Crippen LogP contribution < -0.4 is 0 Å². The molecule has 1 saturated heterocycles. The largest absolute Gasteiger partial charge is 0.335 e. The summed E-state index contributed by atoms with van der Waals surface area (Å²) >= 11 is 4.95. The smallest absolute Gasteiger partial charge is 0.265 e. The van der Waals surface area contributed by atoms with Crippen molar-refractivity contribution in [3.8, 4) is 0 Å². The minimum absolute atomic E-state index is 0.183. The maximum atomic E-state index is 12.3. The minimum atomic E-state index is 0.183. The van der Waals surface area contributed by atoms with Crippen LogP contribution in [0.2, 0.25) is 0 Å². The normalized spacial score (nSPS) is 21.8. The highest BCUT2D eigenvalue weighted by Crippen LogP contribution is 2.29. The van der Waals surface area contributed by atoms with Gasteiger partial charge < -0.3 is 4.90 Å². The molecule has 1 aromatic rings. The number of carbonyl (C=O) groups is 1. The molecule has 0 N–H and O–H groups in total. The van der Waals surface area contributed by atoms with Gasteiger partial charge in [-0.1, -0.05) is 0 Å². The van der Waals surface area contributed by atoms with E-state index >= 15 is 0 Å². The highest BCUT2D eigenvalue weighted by molar-refractivity contribution is 9.10. The van der Waals surface area contributed by atoms with E-state index in [0.717, 1.165) is 41.6 Å². The van der Waals surface area contributed by atoms with E-state index < -0.39 is 0 Å². The molecule has 1 aliphatic heterocycles. The molecule has 1 aliphatic carbocycles. The summed E-state index contributed by atoms with van der Waals surface area (Å²) in [6, 6.07) is 2.76. The average molecular weight is 315 g/mol. The third kappa shape index (κ3) is 2.41. The van der Waals surface area contributed by atoms with Crippen molar-refractivity contribution in [3.05, 3.63) is 20.8 Å². The summed E-state index contributed by atoms with van der Waals surface area (Å²) < 4.78 is 0.928. The van der Waals surface area contributed by atoms with Crippen LogP contribution in [0.1, 0.15) is 22.5 Å². The first-order chi connectivity index (χ1) is 8.25. The van der Waals surface area contributed by atoms with E-state index in [0.29, 0.717) is 0 Å². The van der Waals surface area contributed by atoms with Crippen molar-refractivity contribution in [2.24, 2.45) is 0 Å². The van der Waals surface area contributed by atoms with Crippen LogP contribution in [0, 0.1) is 0 Å². The number of rotatable bonds is 2. The zero-order valence-corrected chi connectivity index (χ0v) is 12.0. The second-order valence-corrected chi connectivity index (χ2v) is 6.43. The molecular formula is C12H15BrN2OS. The number of hydrogen-bond acceptors (Lipinski definition) is 3. The Hall–Kier alpha value is -0.390. The molecule has 3 nitrogen and oxygen atoms in total. The van der Waals surface area contributed by atoms with Crippen molar-refractivity contribution in [1.82, 2.24) is 9.80 Å². The van der Waals surface area contributed by atoms with Crippen molar-refractivity contribution < 1.29 is 4.79 Å². The third-order valence-electron chi connectivity index (χ3n) is 3.48. The highest BCUT2D eigenvalue weighted by atomic mass is 79.9. The van der Waals surface area contributed by atoms with Gasteiger partial charge in [-0.15, -0.1) is 11.3 Å². The third-order valence-corrected chi connectivity index (χ3v) is 5.30. The molecule has 1 amide bonds. The predicted octanol–water partition coefficient (Wildman–Crippen LogP) is 2.43. The Morgan fingerprint density at radius 2 is 2.00 bits per heavy atom. The average Bonchev–Trinajstić information content (AvgIpc) is 3.12. The quantitative estimate of drug-likeness (QED) is 0.837. The van der Waals surface area contributed by atoms with Crippen molar-refractivity contribution in [2.45, 2.75) is 18.9 Å². The SMILES string of the molecule is O=C(c1sccc1Br)N1CCN(C2CC2)CC1. The standard InChI is InChI=1S/C12H15BrN2OS/c13-10-3-8-17-11(10)12(16)15-6-4-14(5-7-15)9-1-2-9/h3,8-9H,1-2,4-7H2. The molecule has 5 heteroatoms. The number of thiophene rings is 1. The number of piperazine rings is 1. The number of nitrogens with zero attached hydrogens (tertiary/aromatic N) is 2. The van der Waals surface area contributed by atoms with Crippen molar-refractivity contribution in [2.75, 3.05) is 26.2 Å². The van der Waals surface area contributed by atoms with Gasteiger partial charge in [-0.05, 0) is 40.2 Å². The first-order valence-corrected chi connectivity index (χ1v) is 7.69.